The van der Waals surface area contributed by atoms with Gasteiger partial charge < -0.3 is 10.1 Å². The zero-order valence-electron chi connectivity index (χ0n) is 16.1. The van der Waals surface area contributed by atoms with Crippen LogP contribution in [0, 0.1) is 17.6 Å². The number of anilines is 1. The molecule has 152 valence electrons. The maximum Gasteiger partial charge on any atom is 0.230 e. The van der Waals surface area contributed by atoms with Gasteiger partial charge in [0.15, 0.2) is 0 Å². The average Bonchev–Trinajstić information content (AvgIpc) is 3.37. The molecule has 1 N–H and O–H groups in total. The van der Waals surface area contributed by atoms with Gasteiger partial charge in [-0.1, -0.05) is 18.2 Å². The SMILES string of the molecule is O=C(Nc1ccc(-c2ccccc2F)c(F)c1)[C@@H]1[C@@H](c2ccncc2)[C@@H]2CC[C@H]1O2. The lowest BCUT2D eigenvalue weighted by atomic mass is 9.75. The minimum atomic E-state index is -0.590. The fraction of sp³-hybridized carbons (Fsp3) is 0.250. The predicted octanol–water partition coefficient (Wildman–Crippen LogP) is 4.93. The van der Waals surface area contributed by atoms with Crippen molar-refractivity contribution in [2.45, 2.75) is 31.0 Å². The van der Waals surface area contributed by atoms with Crippen molar-refractivity contribution in [3.05, 3.63) is 84.2 Å². The second kappa shape index (κ2) is 7.61. The highest BCUT2D eigenvalue weighted by Crippen LogP contribution is 2.49. The number of ether oxygens (including phenoxy) is 1. The summed E-state index contributed by atoms with van der Waals surface area (Å²) in [4.78, 5) is 17.2. The molecule has 3 heterocycles. The van der Waals surface area contributed by atoms with E-state index >= 15 is 0 Å². The van der Waals surface area contributed by atoms with Gasteiger partial charge in [-0.05, 0) is 54.8 Å². The zero-order valence-corrected chi connectivity index (χ0v) is 16.1. The monoisotopic (exact) mass is 406 g/mol. The molecule has 0 spiro atoms. The number of carbonyl (C=O) groups excluding carboxylic acids is 1. The van der Waals surface area contributed by atoms with Crippen molar-refractivity contribution >= 4 is 11.6 Å². The molecule has 2 saturated heterocycles. The molecule has 30 heavy (non-hydrogen) atoms. The van der Waals surface area contributed by atoms with E-state index < -0.39 is 11.6 Å². The number of amides is 1. The highest BCUT2D eigenvalue weighted by Gasteiger charge is 2.52. The van der Waals surface area contributed by atoms with E-state index in [2.05, 4.69) is 10.3 Å². The molecule has 0 radical (unpaired) electrons. The van der Waals surface area contributed by atoms with Crippen molar-refractivity contribution in [3.8, 4) is 11.1 Å². The van der Waals surface area contributed by atoms with E-state index in [0.717, 1.165) is 18.4 Å². The summed E-state index contributed by atoms with van der Waals surface area (Å²) in [5, 5.41) is 2.83. The van der Waals surface area contributed by atoms with Crippen LogP contribution in [-0.4, -0.2) is 23.1 Å². The predicted molar refractivity (Wildman–Crippen MR) is 109 cm³/mol. The molecule has 0 unspecified atom stereocenters. The summed E-state index contributed by atoms with van der Waals surface area (Å²) in [6, 6.07) is 14.2. The standard InChI is InChI=1S/C24H20F2N2O2/c25-18-4-2-1-3-16(18)17-6-5-15(13-19(17)26)28-24(29)23-21-8-7-20(30-21)22(23)14-9-11-27-12-10-14/h1-6,9-13,20-23H,7-8H2,(H,28,29)/t20-,21+,22-,23-/m0/s1. The Morgan fingerprint density at radius 3 is 2.43 bits per heavy atom. The Hall–Kier alpha value is -3.12. The van der Waals surface area contributed by atoms with Crippen molar-refractivity contribution in [2.24, 2.45) is 5.92 Å². The van der Waals surface area contributed by atoms with Gasteiger partial charge in [-0.2, -0.15) is 0 Å². The van der Waals surface area contributed by atoms with Crippen LogP contribution in [0.3, 0.4) is 0 Å². The Morgan fingerprint density at radius 2 is 1.67 bits per heavy atom. The first-order valence-corrected chi connectivity index (χ1v) is 10.0. The van der Waals surface area contributed by atoms with Crippen molar-refractivity contribution in [1.82, 2.24) is 4.98 Å². The summed E-state index contributed by atoms with van der Waals surface area (Å²) in [7, 11) is 0. The molecule has 4 nitrogen and oxygen atoms in total. The Labute approximate surface area is 172 Å². The van der Waals surface area contributed by atoms with Gasteiger partial charge in [0.2, 0.25) is 5.91 Å². The quantitative estimate of drug-likeness (QED) is 0.669. The summed E-state index contributed by atoms with van der Waals surface area (Å²) in [5.74, 6) is -1.67. The second-order valence-corrected chi connectivity index (χ2v) is 7.79. The molecule has 5 rings (SSSR count). The van der Waals surface area contributed by atoms with Crippen molar-refractivity contribution in [2.75, 3.05) is 5.32 Å². The molecule has 1 amide bonds. The van der Waals surface area contributed by atoms with Crippen LogP contribution < -0.4 is 5.32 Å². The zero-order chi connectivity index (χ0) is 20.7. The van der Waals surface area contributed by atoms with Gasteiger partial charge in [0.05, 0.1) is 18.1 Å². The van der Waals surface area contributed by atoms with Crippen molar-refractivity contribution < 1.29 is 18.3 Å². The van der Waals surface area contributed by atoms with Crippen LogP contribution in [0.1, 0.15) is 24.3 Å². The van der Waals surface area contributed by atoms with Gasteiger partial charge in [0, 0.05) is 35.1 Å². The first-order chi connectivity index (χ1) is 14.6. The lowest BCUT2D eigenvalue weighted by molar-refractivity contribution is -0.121. The summed E-state index contributed by atoms with van der Waals surface area (Å²) in [6.45, 7) is 0. The van der Waals surface area contributed by atoms with Crippen LogP contribution in [0.4, 0.5) is 14.5 Å². The van der Waals surface area contributed by atoms with Gasteiger partial charge in [-0.3, -0.25) is 9.78 Å². The summed E-state index contributed by atoms with van der Waals surface area (Å²) in [5.41, 5.74) is 1.71. The third kappa shape index (κ3) is 3.27. The number of hydrogen-bond acceptors (Lipinski definition) is 3. The molecule has 4 atom stereocenters. The summed E-state index contributed by atoms with van der Waals surface area (Å²) < 4.78 is 34.7. The molecule has 2 aromatic carbocycles. The highest BCUT2D eigenvalue weighted by molar-refractivity contribution is 5.94. The number of halogens is 2. The topological polar surface area (TPSA) is 51.2 Å². The molecule has 0 aliphatic carbocycles. The van der Waals surface area contributed by atoms with Gasteiger partial charge in [-0.25, -0.2) is 8.78 Å². The maximum absolute atomic E-state index is 14.7. The van der Waals surface area contributed by atoms with Crippen LogP contribution in [-0.2, 0) is 9.53 Å². The van der Waals surface area contributed by atoms with E-state index in [-0.39, 0.29) is 41.1 Å². The first-order valence-electron chi connectivity index (χ1n) is 10.0. The molecule has 6 heteroatoms. The van der Waals surface area contributed by atoms with Crippen LogP contribution >= 0.6 is 0 Å². The molecule has 2 aliphatic rings. The maximum atomic E-state index is 14.7. The number of pyridine rings is 1. The van der Waals surface area contributed by atoms with Crippen molar-refractivity contribution in [1.29, 1.82) is 0 Å². The first kappa shape index (κ1) is 18.9. The number of hydrogen-bond donors (Lipinski definition) is 1. The molecular formula is C24H20F2N2O2. The molecule has 0 saturated carbocycles. The Balaban J connectivity index is 1.39. The third-order valence-corrected chi connectivity index (χ3v) is 6.07. The molecule has 2 bridgehead atoms. The smallest absolute Gasteiger partial charge is 0.230 e. The number of benzene rings is 2. The van der Waals surface area contributed by atoms with Crippen molar-refractivity contribution in [3.63, 3.8) is 0 Å². The van der Waals surface area contributed by atoms with E-state index in [1.54, 1.807) is 30.6 Å². The Bertz CT molecular complexity index is 1090. The fourth-order valence-electron chi connectivity index (χ4n) is 4.74. The molecule has 3 aromatic rings. The third-order valence-electron chi connectivity index (χ3n) is 6.07. The Morgan fingerprint density at radius 1 is 0.933 bits per heavy atom. The minimum absolute atomic E-state index is 0.00770. The largest absolute Gasteiger partial charge is 0.373 e. The van der Waals surface area contributed by atoms with Crippen LogP contribution in [0.15, 0.2) is 67.0 Å². The van der Waals surface area contributed by atoms with Crippen LogP contribution in [0.2, 0.25) is 0 Å². The van der Waals surface area contributed by atoms with Gasteiger partial charge in [0.25, 0.3) is 0 Å². The number of aromatic nitrogens is 1. The Kier molecular flexibility index (Phi) is 4.79. The van der Waals surface area contributed by atoms with Crippen LogP contribution in [0.25, 0.3) is 11.1 Å². The lowest BCUT2D eigenvalue weighted by Crippen LogP contribution is -2.36. The van der Waals surface area contributed by atoms with Gasteiger partial charge in [-0.15, -0.1) is 0 Å². The minimum Gasteiger partial charge on any atom is -0.373 e. The van der Waals surface area contributed by atoms with Gasteiger partial charge in [0.1, 0.15) is 11.6 Å². The van der Waals surface area contributed by atoms with E-state index in [0.29, 0.717) is 5.69 Å². The summed E-state index contributed by atoms with van der Waals surface area (Å²) in [6.07, 6.45) is 5.06. The number of rotatable bonds is 4. The average molecular weight is 406 g/mol. The second-order valence-electron chi connectivity index (χ2n) is 7.79. The molecule has 2 aliphatic heterocycles. The number of nitrogens with one attached hydrogen (secondary N) is 1. The number of nitrogens with zero attached hydrogens (tertiary/aromatic N) is 1. The normalized spacial score (nSPS) is 24.7. The molecule has 1 aromatic heterocycles. The van der Waals surface area contributed by atoms with Gasteiger partial charge >= 0.3 is 0 Å². The van der Waals surface area contributed by atoms with E-state index in [1.165, 1.54) is 24.3 Å². The molecule has 2 fully saturated rings. The number of fused-ring (bicyclic) bond motifs is 2. The van der Waals surface area contributed by atoms with Crippen LogP contribution in [0.5, 0.6) is 0 Å². The lowest BCUT2D eigenvalue weighted by Gasteiger charge is -2.27. The van der Waals surface area contributed by atoms with E-state index in [4.69, 9.17) is 4.74 Å². The molecular weight excluding hydrogens is 386 g/mol. The number of carbonyl (C=O) groups is 1. The van der Waals surface area contributed by atoms with E-state index in [1.807, 2.05) is 12.1 Å². The highest BCUT2D eigenvalue weighted by atomic mass is 19.1. The fourth-order valence-corrected chi connectivity index (χ4v) is 4.74. The summed E-state index contributed by atoms with van der Waals surface area (Å²) >= 11 is 0. The van der Waals surface area contributed by atoms with E-state index in [9.17, 15) is 13.6 Å².